The fourth-order valence-corrected chi connectivity index (χ4v) is 1.79. The SMILES string of the molecule is CC(=O)N(CC(C)C(=O)O)c1cc(Cl)ccc1C. The van der Waals surface area contributed by atoms with Crippen LogP contribution in [0.15, 0.2) is 18.2 Å². The summed E-state index contributed by atoms with van der Waals surface area (Å²) in [6.07, 6.45) is 0. The molecule has 1 rings (SSSR count). The van der Waals surface area contributed by atoms with Crippen LogP contribution in [0.2, 0.25) is 5.02 Å². The minimum absolute atomic E-state index is 0.131. The van der Waals surface area contributed by atoms with Crippen LogP contribution in [0, 0.1) is 12.8 Å². The van der Waals surface area contributed by atoms with Gasteiger partial charge in [-0.3, -0.25) is 9.59 Å². The van der Waals surface area contributed by atoms with Crippen molar-refractivity contribution in [2.24, 2.45) is 5.92 Å². The van der Waals surface area contributed by atoms with E-state index < -0.39 is 11.9 Å². The summed E-state index contributed by atoms with van der Waals surface area (Å²) in [6, 6.07) is 5.21. The molecule has 1 aromatic rings. The summed E-state index contributed by atoms with van der Waals surface area (Å²) in [5.74, 6) is -1.76. The van der Waals surface area contributed by atoms with Gasteiger partial charge >= 0.3 is 5.97 Å². The molecule has 4 nitrogen and oxygen atoms in total. The van der Waals surface area contributed by atoms with Crippen molar-refractivity contribution in [1.82, 2.24) is 0 Å². The van der Waals surface area contributed by atoms with Crippen LogP contribution in [0.3, 0.4) is 0 Å². The lowest BCUT2D eigenvalue weighted by molar-refractivity contribution is -0.140. The summed E-state index contributed by atoms with van der Waals surface area (Å²) in [5, 5.41) is 9.44. The van der Waals surface area contributed by atoms with Crippen LogP contribution in [0.25, 0.3) is 0 Å². The highest BCUT2D eigenvalue weighted by Crippen LogP contribution is 2.25. The predicted molar refractivity (Wildman–Crippen MR) is 71.0 cm³/mol. The molecule has 1 amide bonds. The zero-order chi connectivity index (χ0) is 13.9. The molecule has 0 bridgehead atoms. The van der Waals surface area contributed by atoms with Gasteiger partial charge in [-0.05, 0) is 24.6 Å². The fourth-order valence-electron chi connectivity index (χ4n) is 1.62. The third-order valence-corrected chi connectivity index (χ3v) is 2.96. The normalized spacial score (nSPS) is 12.0. The van der Waals surface area contributed by atoms with E-state index in [0.717, 1.165) is 5.56 Å². The van der Waals surface area contributed by atoms with Crippen LogP contribution in [0.1, 0.15) is 19.4 Å². The first-order valence-electron chi connectivity index (χ1n) is 5.60. The van der Waals surface area contributed by atoms with Gasteiger partial charge in [-0.1, -0.05) is 24.6 Å². The fraction of sp³-hybridized carbons (Fsp3) is 0.385. The molecule has 1 atom stereocenters. The maximum Gasteiger partial charge on any atom is 0.308 e. The molecule has 98 valence electrons. The number of rotatable bonds is 4. The smallest absolute Gasteiger partial charge is 0.308 e. The zero-order valence-corrected chi connectivity index (χ0v) is 11.4. The maximum atomic E-state index is 11.7. The van der Waals surface area contributed by atoms with Crippen molar-refractivity contribution in [2.75, 3.05) is 11.4 Å². The lowest BCUT2D eigenvalue weighted by Crippen LogP contribution is -2.35. The Hall–Kier alpha value is -1.55. The Balaban J connectivity index is 3.08. The minimum atomic E-state index is -0.930. The lowest BCUT2D eigenvalue weighted by Gasteiger charge is -2.25. The first-order valence-corrected chi connectivity index (χ1v) is 5.97. The van der Waals surface area contributed by atoms with E-state index in [1.54, 1.807) is 25.1 Å². The Morgan fingerprint density at radius 1 is 1.44 bits per heavy atom. The summed E-state index contributed by atoms with van der Waals surface area (Å²) in [6.45, 7) is 4.96. The maximum absolute atomic E-state index is 11.7. The van der Waals surface area contributed by atoms with Crippen LogP contribution >= 0.6 is 11.6 Å². The average molecular weight is 270 g/mol. The minimum Gasteiger partial charge on any atom is -0.481 e. The molecule has 18 heavy (non-hydrogen) atoms. The van der Waals surface area contributed by atoms with E-state index in [-0.39, 0.29) is 12.5 Å². The number of anilines is 1. The number of halogens is 1. The molecule has 0 fully saturated rings. The third-order valence-electron chi connectivity index (χ3n) is 2.72. The Kier molecular flexibility index (Phi) is 4.73. The highest BCUT2D eigenvalue weighted by Gasteiger charge is 2.20. The largest absolute Gasteiger partial charge is 0.481 e. The molecule has 0 heterocycles. The van der Waals surface area contributed by atoms with Crippen LogP contribution in [0.4, 0.5) is 5.69 Å². The third kappa shape index (κ3) is 3.47. The van der Waals surface area contributed by atoms with Crippen LogP contribution in [-0.2, 0) is 9.59 Å². The van der Waals surface area contributed by atoms with Gasteiger partial charge < -0.3 is 10.0 Å². The van der Waals surface area contributed by atoms with Gasteiger partial charge in [0.05, 0.1) is 5.92 Å². The number of hydrogen-bond acceptors (Lipinski definition) is 2. The first-order chi connectivity index (χ1) is 8.32. The van der Waals surface area contributed by atoms with E-state index in [1.165, 1.54) is 11.8 Å². The van der Waals surface area contributed by atoms with Crippen LogP contribution in [0.5, 0.6) is 0 Å². The van der Waals surface area contributed by atoms with Gasteiger partial charge in [-0.2, -0.15) is 0 Å². The Labute approximate surface area is 111 Å². The Bertz CT molecular complexity index is 473. The summed E-state index contributed by atoms with van der Waals surface area (Å²) in [5.41, 5.74) is 1.54. The molecule has 1 unspecified atom stereocenters. The van der Waals surface area contributed by atoms with Crippen molar-refractivity contribution >= 4 is 29.2 Å². The van der Waals surface area contributed by atoms with Gasteiger partial charge in [-0.15, -0.1) is 0 Å². The number of aryl methyl sites for hydroxylation is 1. The number of aliphatic carboxylic acids is 1. The highest BCUT2D eigenvalue weighted by atomic mass is 35.5. The molecule has 0 saturated carbocycles. The van der Waals surface area contributed by atoms with E-state index in [4.69, 9.17) is 16.7 Å². The zero-order valence-electron chi connectivity index (χ0n) is 10.6. The van der Waals surface area contributed by atoms with Gasteiger partial charge in [0.2, 0.25) is 5.91 Å². The topological polar surface area (TPSA) is 57.6 Å². The van der Waals surface area contributed by atoms with Crippen molar-refractivity contribution in [3.63, 3.8) is 0 Å². The number of benzene rings is 1. The standard InChI is InChI=1S/C13H16ClNO3/c1-8-4-5-11(14)6-12(8)15(10(3)16)7-9(2)13(17)18/h4-6,9H,7H2,1-3H3,(H,17,18). The second kappa shape index (κ2) is 5.87. The Morgan fingerprint density at radius 3 is 2.56 bits per heavy atom. The molecule has 0 aromatic heterocycles. The summed E-state index contributed by atoms with van der Waals surface area (Å²) >= 11 is 5.91. The second-order valence-electron chi connectivity index (χ2n) is 4.30. The molecular formula is C13H16ClNO3. The highest BCUT2D eigenvalue weighted by molar-refractivity contribution is 6.31. The van der Waals surface area contributed by atoms with Crippen LogP contribution < -0.4 is 4.90 Å². The molecule has 0 aliphatic rings. The van der Waals surface area contributed by atoms with Crippen molar-refractivity contribution in [1.29, 1.82) is 0 Å². The number of nitrogens with zero attached hydrogens (tertiary/aromatic N) is 1. The number of carboxylic acids is 1. The van der Waals surface area contributed by atoms with Crippen molar-refractivity contribution in [3.8, 4) is 0 Å². The van der Waals surface area contributed by atoms with E-state index >= 15 is 0 Å². The Morgan fingerprint density at radius 2 is 2.06 bits per heavy atom. The van der Waals surface area contributed by atoms with Gasteiger partial charge in [0.1, 0.15) is 0 Å². The van der Waals surface area contributed by atoms with Gasteiger partial charge in [-0.25, -0.2) is 0 Å². The van der Waals surface area contributed by atoms with Crippen molar-refractivity contribution in [2.45, 2.75) is 20.8 Å². The molecule has 0 saturated heterocycles. The van der Waals surface area contributed by atoms with E-state index in [1.807, 2.05) is 6.92 Å². The first kappa shape index (κ1) is 14.5. The van der Waals surface area contributed by atoms with E-state index in [2.05, 4.69) is 0 Å². The second-order valence-corrected chi connectivity index (χ2v) is 4.74. The van der Waals surface area contributed by atoms with Gasteiger partial charge in [0.15, 0.2) is 0 Å². The van der Waals surface area contributed by atoms with E-state index in [9.17, 15) is 9.59 Å². The number of amides is 1. The molecular weight excluding hydrogens is 254 g/mol. The molecule has 0 aliphatic heterocycles. The van der Waals surface area contributed by atoms with E-state index in [0.29, 0.717) is 10.7 Å². The monoisotopic (exact) mass is 269 g/mol. The van der Waals surface area contributed by atoms with Crippen molar-refractivity contribution < 1.29 is 14.7 Å². The number of carbonyl (C=O) groups excluding carboxylic acids is 1. The average Bonchev–Trinajstić information content (AvgIpc) is 2.28. The van der Waals surface area contributed by atoms with Crippen LogP contribution in [-0.4, -0.2) is 23.5 Å². The summed E-state index contributed by atoms with van der Waals surface area (Å²) in [7, 11) is 0. The molecule has 1 N–H and O–H groups in total. The number of hydrogen-bond donors (Lipinski definition) is 1. The van der Waals surface area contributed by atoms with Gasteiger partial charge in [0.25, 0.3) is 0 Å². The molecule has 0 radical (unpaired) electrons. The molecule has 5 heteroatoms. The quantitative estimate of drug-likeness (QED) is 0.914. The van der Waals surface area contributed by atoms with Crippen molar-refractivity contribution in [3.05, 3.63) is 28.8 Å². The summed E-state index contributed by atoms with van der Waals surface area (Å²) in [4.78, 5) is 24.0. The molecule has 1 aromatic carbocycles. The molecule has 0 aliphatic carbocycles. The summed E-state index contributed by atoms with van der Waals surface area (Å²) < 4.78 is 0. The predicted octanol–water partition coefficient (Wildman–Crippen LogP) is 2.72. The molecule has 0 spiro atoms. The lowest BCUT2D eigenvalue weighted by atomic mass is 10.1. The number of carboxylic acid groups (broad SMARTS) is 1. The van der Waals surface area contributed by atoms with Gasteiger partial charge in [0, 0.05) is 24.2 Å². The number of carbonyl (C=O) groups is 2.